The summed E-state index contributed by atoms with van der Waals surface area (Å²) in [7, 11) is 0. The van der Waals surface area contributed by atoms with Gasteiger partial charge in [0.1, 0.15) is 0 Å². The zero-order chi connectivity index (χ0) is 11.2. The molecule has 2 aliphatic heterocycles. The number of rotatable bonds is 4. The van der Waals surface area contributed by atoms with Gasteiger partial charge in [0, 0.05) is 42.9 Å². The molecule has 0 radical (unpaired) electrons. The van der Waals surface area contributed by atoms with Crippen LogP contribution in [0, 0.1) is 0 Å². The number of hydrogen-bond donors (Lipinski definition) is 1. The normalized spacial score (nSPS) is 26.8. The molecule has 1 fully saturated rings. The lowest BCUT2D eigenvalue weighted by Gasteiger charge is -2.26. The van der Waals surface area contributed by atoms with Crippen molar-refractivity contribution in [1.29, 1.82) is 0 Å². The Bertz CT molecular complexity index is 239. The van der Waals surface area contributed by atoms with Crippen LogP contribution >= 0.6 is 23.5 Å². The molecule has 1 unspecified atom stereocenters. The van der Waals surface area contributed by atoms with Crippen LogP contribution in [0.2, 0.25) is 0 Å². The van der Waals surface area contributed by atoms with E-state index in [9.17, 15) is 0 Å². The molecule has 1 saturated heterocycles. The number of thioether (sulfide) groups is 2. The third kappa shape index (κ3) is 3.86. The van der Waals surface area contributed by atoms with E-state index in [1.165, 1.54) is 36.2 Å². The van der Waals surface area contributed by atoms with E-state index in [1.54, 1.807) is 0 Å². The molecule has 0 aromatic heterocycles. The summed E-state index contributed by atoms with van der Waals surface area (Å²) in [4.78, 5) is 7.06. The van der Waals surface area contributed by atoms with Crippen LogP contribution in [0.4, 0.5) is 0 Å². The summed E-state index contributed by atoms with van der Waals surface area (Å²) in [5, 5.41) is 5.34. The average molecular weight is 259 g/mol. The fraction of sp³-hybridized carbons (Fsp3) is 0.909. The molecule has 0 amide bonds. The van der Waals surface area contributed by atoms with Crippen molar-refractivity contribution in [3.8, 4) is 0 Å². The zero-order valence-corrected chi connectivity index (χ0v) is 11.6. The first-order valence-corrected chi connectivity index (χ1v) is 8.17. The maximum atomic E-state index is 4.52. The summed E-state index contributed by atoms with van der Waals surface area (Å²) in [5.74, 6) is 2.60. The first-order valence-electron chi connectivity index (χ1n) is 6.13. The maximum Gasteiger partial charge on any atom is 0.156 e. The van der Waals surface area contributed by atoms with E-state index in [0.717, 1.165) is 19.6 Å². The summed E-state index contributed by atoms with van der Waals surface area (Å²) in [5.41, 5.74) is 0. The van der Waals surface area contributed by atoms with E-state index < -0.39 is 0 Å². The van der Waals surface area contributed by atoms with E-state index in [-0.39, 0.29) is 0 Å². The van der Waals surface area contributed by atoms with Crippen LogP contribution < -0.4 is 5.32 Å². The van der Waals surface area contributed by atoms with E-state index in [2.05, 4.69) is 33.9 Å². The molecular formula is C11H21N3S2. The lowest BCUT2D eigenvalue weighted by molar-refractivity contribution is 0.307. The molecule has 5 heteroatoms. The van der Waals surface area contributed by atoms with Crippen molar-refractivity contribution < 1.29 is 0 Å². The predicted octanol–water partition coefficient (Wildman–Crippen LogP) is 1.51. The van der Waals surface area contributed by atoms with Crippen molar-refractivity contribution in [1.82, 2.24) is 10.2 Å². The fourth-order valence-electron chi connectivity index (χ4n) is 1.87. The van der Waals surface area contributed by atoms with Gasteiger partial charge in [0.2, 0.25) is 0 Å². The lowest BCUT2D eigenvalue weighted by atomic mass is 10.3. The zero-order valence-electron chi connectivity index (χ0n) is 9.95. The molecule has 0 saturated carbocycles. The SMILES string of the molecule is CCC1CN=C(NCCN2CCSCC2)S1. The Kier molecular flexibility index (Phi) is 5.32. The van der Waals surface area contributed by atoms with E-state index in [4.69, 9.17) is 0 Å². The number of nitrogens with zero attached hydrogens (tertiary/aromatic N) is 2. The van der Waals surface area contributed by atoms with Crippen molar-refractivity contribution >= 4 is 28.7 Å². The fourth-order valence-corrected chi connectivity index (χ4v) is 3.82. The predicted molar refractivity (Wildman–Crippen MR) is 75.7 cm³/mol. The number of nitrogens with one attached hydrogen (secondary N) is 1. The summed E-state index contributed by atoms with van der Waals surface area (Å²) < 4.78 is 0. The lowest BCUT2D eigenvalue weighted by Crippen LogP contribution is -2.38. The Balaban J connectivity index is 1.57. The number of amidine groups is 1. The Morgan fingerprint density at radius 2 is 2.25 bits per heavy atom. The molecule has 0 aromatic rings. The molecule has 0 spiro atoms. The van der Waals surface area contributed by atoms with Gasteiger partial charge in [-0.1, -0.05) is 18.7 Å². The van der Waals surface area contributed by atoms with Crippen LogP contribution in [0.5, 0.6) is 0 Å². The second-order valence-corrected chi connectivity index (χ2v) is 6.69. The van der Waals surface area contributed by atoms with Crippen molar-refractivity contribution in [2.24, 2.45) is 4.99 Å². The third-order valence-electron chi connectivity index (χ3n) is 2.98. The van der Waals surface area contributed by atoms with Gasteiger partial charge >= 0.3 is 0 Å². The largest absolute Gasteiger partial charge is 0.364 e. The van der Waals surface area contributed by atoms with Gasteiger partial charge in [-0.2, -0.15) is 11.8 Å². The van der Waals surface area contributed by atoms with Crippen LogP contribution in [0.25, 0.3) is 0 Å². The first-order chi connectivity index (χ1) is 7.88. The van der Waals surface area contributed by atoms with Crippen LogP contribution in [0.3, 0.4) is 0 Å². The quantitative estimate of drug-likeness (QED) is 0.828. The summed E-state index contributed by atoms with van der Waals surface area (Å²) in [6.45, 7) is 7.96. The minimum absolute atomic E-state index is 0.717. The van der Waals surface area contributed by atoms with Crippen LogP contribution in [-0.4, -0.2) is 59.5 Å². The second-order valence-electron chi connectivity index (χ2n) is 4.17. The molecule has 2 heterocycles. The van der Waals surface area contributed by atoms with Gasteiger partial charge in [-0.3, -0.25) is 9.89 Å². The van der Waals surface area contributed by atoms with Gasteiger partial charge in [-0.15, -0.1) is 0 Å². The molecule has 0 aliphatic carbocycles. The molecule has 0 bridgehead atoms. The summed E-state index contributed by atoms with van der Waals surface area (Å²) in [6, 6.07) is 0. The molecule has 16 heavy (non-hydrogen) atoms. The van der Waals surface area contributed by atoms with Crippen molar-refractivity contribution in [2.75, 3.05) is 44.2 Å². The highest BCUT2D eigenvalue weighted by atomic mass is 32.2. The molecule has 2 rings (SSSR count). The van der Waals surface area contributed by atoms with Crippen molar-refractivity contribution in [2.45, 2.75) is 18.6 Å². The molecule has 0 aromatic carbocycles. The van der Waals surface area contributed by atoms with E-state index in [1.807, 2.05) is 11.8 Å². The van der Waals surface area contributed by atoms with E-state index in [0.29, 0.717) is 5.25 Å². The van der Waals surface area contributed by atoms with Crippen molar-refractivity contribution in [3.05, 3.63) is 0 Å². The molecular weight excluding hydrogens is 238 g/mol. The maximum absolute atomic E-state index is 4.52. The molecule has 92 valence electrons. The molecule has 1 atom stereocenters. The van der Waals surface area contributed by atoms with Crippen LogP contribution in [0.1, 0.15) is 13.3 Å². The number of aliphatic imine (C=N–C) groups is 1. The standard InChI is InChI=1S/C11H21N3S2/c1-2-10-9-13-11(16-10)12-3-4-14-5-7-15-8-6-14/h10H,2-9H2,1H3,(H,12,13). The highest BCUT2D eigenvalue weighted by Gasteiger charge is 2.17. The number of hydrogen-bond acceptors (Lipinski definition) is 5. The van der Waals surface area contributed by atoms with E-state index >= 15 is 0 Å². The first kappa shape index (κ1) is 12.6. The Hall–Kier alpha value is 0.130. The highest BCUT2D eigenvalue weighted by Crippen LogP contribution is 2.21. The van der Waals surface area contributed by atoms with Crippen molar-refractivity contribution in [3.63, 3.8) is 0 Å². The summed E-state index contributed by atoms with van der Waals surface area (Å²) in [6.07, 6.45) is 1.22. The summed E-state index contributed by atoms with van der Waals surface area (Å²) >= 11 is 3.98. The van der Waals surface area contributed by atoms with Gasteiger partial charge in [0.15, 0.2) is 5.17 Å². The second kappa shape index (κ2) is 6.77. The highest BCUT2D eigenvalue weighted by molar-refractivity contribution is 8.14. The monoisotopic (exact) mass is 259 g/mol. The van der Waals surface area contributed by atoms with Gasteiger partial charge < -0.3 is 5.32 Å². The van der Waals surface area contributed by atoms with Crippen LogP contribution in [0.15, 0.2) is 4.99 Å². The Labute approximate surface area is 107 Å². The minimum Gasteiger partial charge on any atom is -0.364 e. The average Bonchev–Trinajstić information content (AvgIpc) is 2.78. The molecule has 2 aliphatic rings. The Morgan fingerprint density at radius 3 is 2.94 bits per heavy atom. The molecule has 3 nitrogen and oxygen atoms in total. The van der Waals surface area contributed by atoms with Crippen LogP contribution in [-0.2, 0) is 0 Å². The van der Waals surface area contributed by atoms with Gasteiger partial charge in [-0.05, 0) is 6.42 Å². The topological polar surface area (TPSA) is 27.6 Å². The smallest absolute Gasteiger partial charge is 0.156 e. The minimum atomic E-state index is 0.717. The van der Waals surface area contributed by atoms with Gasteiger partial charge in [-0.25, -0.2) is 0 Å². The Morgan fingerprint density at radius 1 is 1.44 bits per heavy atom. The molecule has 1 N–H and O–H groups in total. The third-order valence-corrected chi connectivity index (χ3v) is 5.24. The van der Waals surface area contributed by atoms with Gasteiger partial charge in [0.05, 0.1) is 6.54 Å². The van der Waals surface area contributed by atoms with Gasteiger partial charge in [0.25, 0.3) is 0 Å².